The first kappa shape index (κ1) is 13.8. The normalized spacial score (nSPS) is 10.4. The lowest BCUT2D eigenvalue weighted by atomic mass is 10.1. The number of halogens is 2. The number of nitrogens with zero attached hydrogens (tertiary/aromatic N) is 1. The van der Waals surface area contributed by atoms with Crippen LogP contribution in [0.5, 0.6) is 0 Å². The van der Waals surface area contributed by atoms with Gasteiger partial charge in [0.05, 0.1) is 4.47 Å². The molecule has 0 fully saturated rings. The lowest BCUT2D eigenvalue weighted by molar-refractivity contribution is 0.101. The smallest absolute Gasteiger partial charge is 0.160 e. The first-order valence-electron chi connectivity index (χ1n) is 5.17. The molecule has 1 aromatic carbocycles. The molecule has 0 N–H and O–H groups in total. The Bertz CT molecular complexity index is 601. The van der Waals surface area contributed by atoms with Crippen LogP contribution in [-0.2, 0) is 0 Å². The number of ketones is 1. The minimum atomic E-state index is 0.0528. The molecule has 0 radical (unpaired) electrons. The molecule has 0 spiro atoms. The first-order chi connectivity index (χ1) is 8.58. The van der Waals surface area contributed by atoms with Crippen LogP contribution in [-0.4, -0.2) is 10.8 Å². The molecular formula is C13H9Br2NOS. The second kappa shape index (κ2) is 5.99. The average Bonchev–Trinajstić information content (AvgIpc) is 2.32. The Kier molecular flexibility index (Phi) is 4.59. The maximum absolute atomic E-state index is 11.6. The molecule has 0 aliphatic heterocycles. The van der Waals surface area contributed by atoms with E-state index in [1.165, 1.54) is 11.8 Å². The van der Waals surface area contributed by atoms with Gasteiger partial charge in [-0.1, -0.05) is 27.7 Å². The van der Waals surface area contributed by atoms with E-state index in [0.29, 0.717) is 5.56 Å². The standard InChI is InChI=1S/C13H9Br2NOS/c1-8(17)10-5-4-9(14)7-12(10)18-13-11(15)3-2-6-16-13/h2-7H,1H3. The van der Waals surface area contributed by atoms with E-state index in [4.69, 9.17) is 0 Å². The molecule has 0 amide bonds. The van der Waals surface area contributed by atoms with Crippen LogP contribution in [0.25, 0.3) is 0 Å². The Morgan fingerprint density at radius 2 is 2.06 bits per heavy atom. The molecule has 0 saturated carbocycles. The van der Waals surface area contributed by atoms with Crippen LogP contribution < -0.4 is 0 Å². The topological polar surface area (TPSA) is 30.0 Å². The third-order valence-electron chi connectivity index (χ3n) is 2.25. The van der Waals surface area contributed by atoms with Crippen LogP contribution >= 0.6 is 43.6 Å². The largest absolute Gasteiger partial charge is 0.294 e. The van der Waals surface area contributed by atoms with Crippen molar-refractivity contribution in [1.29, 1.82) is 0 Å². The SMILES string of the molecule is CC(=O)c1ccc(Br)cc1Sc1ncccc1Br. The maximum atomic E-state index is 11.6. The van der Waals surface area contributed by atoms with Crippen molar-refractivity contribution in [3.63, 3.8) is 0 Å². The highest BCUT2D eigenvalue weighted by Crippen LogP contribution is 2.35. The summed E-state index contributed by atoms with van der Waals surface area (Å²) in [5, 5.41) is 0.845. The van der Waals surface area contributed by atoms with Crippen molar-refractivity contribution in [2.75, 3.05) is 0 Å². The van der Waals surface area contributed by atoms with Gasteiger partial charge in [0.2, 0.25) is 0 Å². The number of Topliss-reactive ketones (excluding diaryl/α,β-unsaturated/α-hetero) is 1. The minimum Gasteiger partial charge on any atom is -0.294 e. The molecule has 2 nitrogen and oxygen atoms in total. The van der Waals surface area contributed by atoms with Gasteiger partial charge in [-0.2, -0.15) is 0 Å². The van der Waals surface area contributed by atoms with Gasteiger partial charge in [0.25, 0.3) is 0 Å². The summed E-state index contributed by atoms with van der Waals surface area (Å²) in [5.41, 5.74) is 0.709. The zero-order valence-electron chi connectivity index (χ0n) is 9.48. The molecule has 0 unspecified atom stereocenters. The first-order valence-corrected chi connectivity index (χ1v) is 7.57. The highest BCUT2D eigenvalue weighted by atomic mass is 79.9. The van der Waals surface area contributed by atoms with E-state index in [2.05, 4.69) is 36.8 Å². The van der Waals surface area contributed by atoms with Crippen molar-refractivity contribution in [3.8, 4) is 0 Å². The Morgan fingerprint density at radius 3 is 2.72 bits per heavy atom. The van der Waals surface area contributed by atoms with Gasteiger partial charge in [-0.3, -0.25) is 4.79 Å². The van der Waals surface area contributed by atoms with Crippen molar-refractivity contribution in [2.45, 2.75) is 16.8 Å². The fraction of sp³-hybridized carbons (Fsp3) is 0.0769. The molecule has 0 atom stereocenters. The minimum absolute atomic E-state index is 0.0528. The monoisotopic (exact) mass is 385 g/mol. The molecule has 1 aromatic heterocycles. The Balaban J connectivity index is 2.42. The maximum Gasteiger partial charge on any atom is 0.160 e. The van der Waals surface area contributed by atoms with Crippen molar-refractivity contribution < 1.29 is 4.79 Å². The van der Waals surface area contributed by atoms with Crippen molar-refractivity contribution in [3.05, 3.63) is 51.0 Å². The number of hydrogen-bond donors (Lipinski definition) is 0. The molecule has 0 aliphatic carbocycles. The van der Waals surface area contributed by atoms with Crippen LogP contribution in [0, 0.1) is 0 Å². The summed E-state index contributed by atoms with van der Waals surface area (Å²) >= 11 is 8.35. The van der Waals surface area contributed by atoms with Crippen molar-refractivity contribution >= 4 is 49.4 Å². The Labute approximate surface area is 126 Å². The lowest BCUT2D eigenvalue weighted by Gasteiger charge is -2.07. The summed E-state index contributed by atoms with van der Waals surface area (Å²) in [6.07, 6.45) is 1.73. The van der Waals surface area contributed by atoms with Gasteiger partial charge in [0.15, 0.2) is 5.78 Å². The molecular weight excluding hydrogens is 378 g/mol. The lowest BCUT2D eigenvalue weighted by Crippen LogP contribution is -1.95. The van der Waals surface area contributed by atoms with Gasteiger partial charge in [-0.05, 0) is 53.2 Å². The second-order valence-electron chi connectivity index (χ2n) is 3.59. The summed E-state index contributed by atoms with van der Waals surface area (Å²) < 4.78 is 1.87. The van der Waals surface area contributed by atoms with Crippen molar-refractivity contribution in [2.24, 2.45) is 0 Å². The van der Waals surface area contributed by atoms with Crippen LogP contribution in [0.2, 0.25) is 0 Å². The number of carbonyl (C=O) groups is 1. The third-order valence-corrected chi connectivity index (χ3v) is 4.73. The molecule has 0 saturated heterocycles. The highest BCUT2D eigenvalue weighted by molar-refractivity contribution is 9.10. The summed E-state index contributed by atoms with van der Waals surface area (Å²) in [5.74, 6) is 0.0528. The Morgan fingerprint density at radius 1 is 1.28 bits per heavy atom. The number of aromatic nitrogens is 1. The van der Waals surface area contributed by atoms with Gasteiger partial charge >= 0.3 is 0 Å². The molecule has 92 valence electrons. The molecule has 0 bridgehead atoms. The fourth-order valence-electron chi connectivity index (χ4n) is 1.42. The molecule has 2 rings (SSSR count). The van der Waals surface area contributed by atoms with E-state index < -0.39 is 0 Å². The molecule has 18 heavy (non-hydrogen) atoms. The van der Waals surface area contributed by atoms with Gasteiger partial charge in [0.1, 0.15) is 5.03 Å². The summed E-state index contributed by atoms with van der Waals surface area (Å²) in [6, 6.07) is 9.42. The van der Waals surface area contributed by atoms with Crippen molar-refractivity contribution in [1.82, 2.24) is 4.98 Å². The van der Waals surface area contributed by atoms with Gasteiger partial charge in [-0.15, -0.1) is 0 Å². The molecule has 2 aromatic rings. The van der Waals surface area contributed by atoms with E-state index in [1.807, 2.05) is 30.3 Å². The number of hydrogen-bond acceptors (Lipinski definition) is 3. The second-order valence-corrected chi connectivity index (χ2v) is 6.39. The summed E-state index contributed by atoms with van der Waals surface area (Å²) in [6.45, 7) is 1.57. The Hall–Kier alpha value is -0.650. The summed E-state index contributed by atoms with van der Waals surface area (Å²) in [7, 11) is 0. The molecule has 1 heterocycles. The predicted octanol–water partition coefficient (Wildman–Crippen LogP) is 4.96. The zero-order valence-corrected chi connectivity index (χ0v) is 13.5. The van der Waals surface area contributed by atoms with Gasteiger partial charge in [-0.25, -0.2) is 4.98 Å². The van der Waals surface area contributed by atoms with E-state index in [0.717, 1.165) is 18.9 Å². The third kappa shape index (κ3) is 3.22. The van der Waals surface area contributed by atoms with E-state index >= 15 is 0 Å². The number of pyridine rings is 1. The summed E-state index contributed by atoms with van der Waals surface area (Å²) in [4.78, 5) is 16.8. The van der Waals surface area contributed by atoms with E-state index in [9.17, 15) is 4.79 Å². The average molecular weight is 387 g/mol. The quantitative estimate of drug-likeness (QED) is 0.698. The van der Waals surface area contributed by atoms with Crippen LogP contribution in [0.3, 0.4) is 0 Å². The fourth-order valence-corrected chi connectivity index (χ4v) is 3.43. The zero-order chi connectivity index (χ0) is 13.1. The molecule has 5 heteroatoms. The highest BCUT2D eigenvalue weighted by Gasteiger charge is 2.11. The van der Waals surface area contributed by atoms with Gasteiger partial charge < -0.3 is 0 Å². The van der Waals surface area contributed by atoms with Gasteiger partial charge in [0, 0.05) is 21.1 Å². The predicted molar refractivity (Wildman–Crippen MR) is 80.2 cm³/mol. The molecule has 0 aliphatic rings. The van der Waals surface area contributed by atoms with E-state index in [1.54, 1.807) is 13.1 Å². The number of benzene rings is 1. The van der Waals surface area contributed by atoms with Crippen LogP contribution in [0.4, 0.5) is 0 Å². The number of rotatable bonds is 3. The number of carbonyl (C=O) groups excluding carboxylic acids is 1. The van der Waals surface area contributed by atoms with Crippen LogP contribution in [0.1, 0.15) is 17.3 Å². The van der Waals surface area contributed by atoms with Crippen LogP contribution in [0.15, 0.2) is 55.4 Å². The van der Waals surface area contributed by atoms with E-state index in [-0.39, 0.29) is 5.78 Å².